The van der Waals surface area contributed by atoms with Crippen molar-refractivity contribution in [3.8, 4) is 5.75 Å². The second-order valence-electron chi connectivity index (χ2n) is 5.73. The summed E-state index contributed by atoms with van der Waals surface area (Å²) in [5.74, 6) is -4.28. The minimum absolute atomic E-state index is 0.222. The summed E-state index contributed by atoms with van der Waals surface area (Å²) in [5.41, 5.74) is 0.691. The number of carboxylic acids is 1. The number of fused-ring (bicyclic) bond motifs is 5. The Morgan fingerprint density at radius 1 is 1.31 bits per heavy atom. The van der Waals surface area contributed by atoms with Gasteiger partial charge in [-0.3, -0.25) is 9.59 Å². The van der Waals surface area contributed by atoms with Crippen molar-refractivity contribution >= 4 is 41.0 Å². The molecule has 3 atom stereocenters. The maximum atomic E-state index is 12.5. The van der Waals surface area contributed by atoms with E-state index in [1.807, 2.05) is 0 Å². The number of H-pyrrole nitrogens is 1. The van der Waals surface area contributed by atoms with E-state index in [2.05, 4.69) is 4.98 Å². The maximum absolute atomic E-state index is 12.5. The van der Waals surface area contributed by atoms with Gasteiger partial charge in [0.05, 0.1) is 34.8 Å². The number of carbonyl (C=O) groups excluding carboxylic acids is 3. The Bertz CT molecular complexity index is 1010. The number of carboxylic acid groups (broad SMARTS) is 1. The second kappa shape index (κ2) is 5.99. The van der Waals surface area contributed by atoms with Crippen LogP contribution < -0.4 is 14.7 Å². The summed E-state index contributed by atoms with van der Waals surface area (Å²) in [7, 11) is 1.24. The molecule has 0 fully saturated rings. The zero-order chi connectivity index (χ0) is 18.6. The number of aliphatic carboxylic acids is 1. The molecular formula is C16H10NO7S2-. The molecule has 2 aliphatic rings. The fraction of sp³-hybridized carbons (Fsp3) is 0.250. The fourth-order valence-corrected chi connectivity index (χ4v) is 5.64. The van der Waals surface area contributed by atoms with Gasteiger partial charge in [0.2, 0.25) is 0 Å². The molecule has 4 rings (SSSR count). The molecule has 1 aromatic carbocycles. The number of hydrogen-bond donors (Lipinski definition) is 1. The van der Waals surface area contributed by atoms with E-state index in [9.17, 15) is 24.3 Å². The second-order valence-corrected chi connectivity index (χ2v) is 7.90. The van der Waals surface area contributed by atoms with Crippen LogP contribution in [0.25, 0.3) is 0 Å². The lowest BCUT2D eigenvalue weighted by Crippen LogP contribution is -2.48. The van der Waals surface area contributed by atoms with Gasteiger partial charge in [0.1, 0.15) is 5.75 Å². The third-order valence-electron chi connectivity index (χ3n) is 4.34. The number of esters is 2. The first kappa shape index (κ1) is 16.9. The average Bonchev–Trinajstić information content (AvgIpc) is 2.99. The third-order valence-corrected chi connectivity index (χ3v) is 6.73. The number of aromatic nitrogens is 1. The molecule has 0 aliphatic carbocycles. The molecule has 0 spiro atoms. The van der Waals surface area contributed by atoms with E-state index in [-0.39, 0.29) is 16.2 Å². The number of nitrogens with one attached hydrogen (secondary N) is 1. The van der Waals surface area contributed by atoms with Crippen LogP contribution in [0.4, 0.5) is 0 Å². The highest BCUT2D eigenvalue weighted by atomic mass is 32.2. The fourth-order valence-electron chi connectivity index (χ4n) is 3.25. The lowest BCUT2D eigenvalue weighted by molar-refractivity contribution is -0.306. The smallest absolute Gasteiger partial charge is 0.337 e. The van der Waals surface area contributed by atoms with Crippen molar-refractivity contribution in [1.29, 1.82) is 0 Å². The van der Waals surface area contributed by atoms with Crippen LogP contribution in [-0.4, -0.2) is 35.3 Å². The largest absolute Gasteiger partial charge is 0.549 e. The van der Waals surface area contributed by atoms with Gasteiger partial charge < -0.3 is 24.4 Å². The van der Waals surface area contributed by atoms with E-state index in [1.165, 1.54) is 25.3 Å². The first-order valence-corrected chi connectivity index (χ1v) is 9.14. The molecule has 10 heteroatoms. The Labute approximate surface area is 154 Å². The number of methoxy groups -OCH3 is 1. The number of thioether (sulfide) groups is 1. The van der Waals surface area contributed by atoms with E-state index < -0.39 is 35.0 Å². The molecule has 2 aliphatic heterocycles. The average molecular weight is 392 g/mol. The predicted octanol–water partition coefficient (Wildman–Crippen LogP) is 0.114. The Balaban J connectivity index is 1.95. The molecule has 26 heavy (non-hydrogen) atoms. The minimum Gasteiger partial charge on any atom is -0.549 e. The van der Waals surface area contributed by atoms with E-state index in [0.29, 0.717) is 15.5 Å². The van der Waals surface area contributed by atoms with Crippen LogP contribution in [0, 0.1) is 5.92 Å². The molecule has 0 radical (unpaired) electrons. The van der Waals surface area contributed by atoms with Gasteiger partial charge >= 0.3 is 16.8 Å². The summed E-state index contributed by atoms with van der Waals surface area (Å²) in [5, 5.41) is 10.8. The molecule has 0 bridgehead atoms. The van der Waals surface area contributed by atoms with E-state index >= 15 is 0 Å². The van der Waals surface area contributed by atoms with Crippen molar-refractivity contribution in [2.45, 2.75) is 16.2 Å². The first-order chi connectivity index (χ1) is 12.4. The standard InChI is InChI=1S/C16H11NO7S2/c1-23-14(20)5-2-3-7-6(4-5)8-9(15(21)24-7)11(13(18)19)25-12-10(8)26-16(22)17-12/h2-4,8-9,11H,1H3,(H,17,22)(H,18,19)/p-1/t8-,9+,11-/m0/s1. The molecule has 134 valence electrons. The van der Waals surface area contributed by atoms with Gasteiger partial charge in [0.25, 0.3) is 0 Å². The van der Waals surface area contributed by atoms with Gasteiger partial charge in [0.15, 0.2) is 0 Å². The number of aromatic amines is 1. The molecule has 2 aromatic rings. The number of thiazole rings is 1. The van der Waals surface area contributed by atoms with E-state index in [0.717, 1.165) is 23.1 Å². The minimum atomic E-state index is -1.42. The van der Waals surface area contributed by atoms with Gasteiger partial charge in [-0.05, 0) is 18.2 Å². The van der Waals surface area contributed by atoms with E-state index in [1.54, 1.807) is 0 Å². The summed E-state index contributed by atoms with van der Waals surface area (Å²) in [4.78, 5) is 50.6. The monoisotopic (exact) mass is 392 g/mol. The molecule has 3 heterocycles. The maximum Gasteiger partial charge on any atom is 0.337 e. The molecule has 0 saturated heterocycles. The van der Waals surface area contributed by atoms with E-state index in [4.69, 9.17) is 9.47 Å². The summed E-state index contributed by atoms with van der Waals surface area (Å²) < 4.78 is 10.0. The van der Waals surface area contributed by atoms with Gasteiger partial charge in [0, 0.05) is 16.4 Å². The Morgan fingerprint density at radius 3 is 2.77 bits per heavy atom. The van der Waals surface area contributed by atoms with Crippen LogP contribution in [0.2, 0.25) is 0 Å². The van der Waals surface area contributed by atoms with Crippen molar-refractivity contribution in [2.24, 2.45) is 5.92 Å². The number of hydrogen-bond acceptors (Lipinski definition) is 9. The van der Waals surface area contributed by atoms with Crippen LogP contribution in [-0.2, 0) is 14.3 Å². The molecule has 0 unspecified atom stereocenters. The molecule has 1 N–H and O–H groups in total. The number of benzene rings is 1. The highest BCUT2D eigenvalue weighted by Crippen LogP contribution is 2.53. The van der Waals surface area contributed by atoms with Crippen LogP contribution >= 0.6 is 23.1 Å². The molecular weight excluding hydrogens is 382 g/mol. The van der Waals surface area contributed by atoms with Gasteiger partial charge in [-0.25, -0.2) is 4.79 Å². The quantitative estimate of drug-likeness (QED) is 0.564. The SMILES string of the molecule is COC(=O)c1ccc2c(c1)[C@@H]1c3sc(=O)[nH]c3S[C@H](C(=O)[O-])[C@@H]1C(=O)O2. The normalized spacial score (nSPS) is 23.3. The lowest BCUT2D eigenvalue weighted by atomic mass is 9.79. The van der Waals surface area contributed by atoms with Crippen molar-refractivity contribution in [3.05, 3.63) is 43.9 Å². The first-order valence-electron chi connectivity index (χ1n) is 7.45. The van der Waals surface area contributed by atoms with Crippen molar-refractivity contribution in [3.63, 3.8) is 0 Å². The van der Waals surface area contributed by atoms with Crippen molar-refractivity contribution < 1.29 is 29.0 Å². The van der Waals surface area contributed by atoms with Crippen LogP contribution in [0.15, 0.2) is 28.0 Å². The Hall–Kier alpha value is -2.59. The predicted molar refractivity (Wildman–Crippen MR) is 88.3 cm³/mol. The molecule has 8 nitrogen and oxygen atoms in total. The van der Waals surface area contributed by atoms with Crippen molar-refractivity contribution in [2.75, 3.05) is 7.11 Å². The topological polar surface area (TPSA) is 126 Å². The highest BCUT2D eigenvalue weighted by Gasteiger charge is 2.49. The van der Waals surface area contributed by atoms with Crippen LogP contribution in [0.1, 0.15) is 26.7 Å². The number of rotatable bonds is 2. The third kappa shape index (κ3) is 2.44. The van der Waals surface area contributed by atoms with Gasteiger partial charge in [-0.2, -0.15) is 0 Å². The van der Waals surface area contributed by atoms with Crippen LogP contribution in [0.3, 0.4) is 0 Å². The lowest BCUT2D eigenvalue weighted by Gasteiger charge is -2.39. The van der Waals surface area contributed by atoms with Crippen molar-refractivity contribution in [1.82, 2.24) is 4.98 Å². The summed E-state index contributed by atoms with van der Waals surface area (Å²) >= 11 is 1.77. The van der Waals surface area contributed by atoms with Gasteiger partial charge in [-0.1, -0.05) is 23.1 Å². The summed E-state index contributed by atoms with van der Waals surface area (Å²) in [6.07, 6.45) is 0. The Kier molecular flexibility index (Phi) is 3.88. The molecule has 1 aromatic heterocycles. The number of carbonyl (C=O) groups is 3. The summed E-state index contributed by atoms with van der Waals surface area (Å²) in [6, 6.07) is 4.41. The van der Waals surface area contributed by atoms with Gasteiger partial charge in [-0.15, -0.1) is 0 Å². The zero-order valence-corrected chi connectivity index (χ0v) is 14.8. The molecule has 0 amide bonds. The zero-order valence-electron chi connectivity index (χ0n) is 13.1. The summed E-state index contributed by atoms with van der Waals surface area (Å²) in [6.45, 7) is 0. The van der Waals surface area contributed by atoms with Crippen LogP contribution in [0.5, 0.6) is 5.75 Å². The highest BCUT2D eigenvalue weighted by molar-refractivity contribution is 8.00. The molecule has 0 saturated carbocycles. The number of ether oxygens (including phenoxy) is 2. The Morgan fingerprint density at radius 2 is 2.08 bits per heavy atom.